The lowest BCUT2D eigenvalue weighted by Gasteiger charge is -2.23. The molecule has 6 heteroatoms. The summed E-state index contributed by atoms with van der Waals surface area (Å²) in [5.74, 6) is 2.48. The second kappa shape index (κ2) is 11.9. The Morgan fingerprint density at radius 1 is 1.17 bits per heavy atom. The quantitative estimate of drug-likeness (QED) is 0.345. The van der Waals surface area contributed by atoms with Gasteiger partial charge in [-0.2, -0.15) is 0 Å². The van der Waals surface area contributed by atoms with Gasteiger partial charge in [0.15, 0.2) is 5.96 Å². The van der Waals surface area contributed by atoms with E-state index in [0.717, 1.165) is 50.9 Å². The van der Waals surface area contributed by atoms with E-state index in [1.807, 2.05) is 12.1 Å². The third-order valence-corrected chi connectivity index (χ3v) is 5.17. The van der Waals surface area contributed by atoms with Crippen LogP contribution in [-0.4, -0.2) is 51.2 Å². The third-order valence-electron chi connectivity index (χ3n) is 5.17. The van der Waals surface area contributed by atoms with Crippen molar-refractivity contribution in [2.24, 2.45) is 10.9 Å². The Morgan fingerprint density at radius 2 is 1.90 bits per heavy atom. The molecule has 1 unspecified atom stereocenters. The second-order valence-electron chi connectivity index (χ2n) is 7.31. The Bertz CT molecular complexity index is 768. The fourth-order valence-corrected chi connectivity index (χ4v) is 3.71. The van der Waals surface area contributed by atoms with Crippen LogP contribution in [0.1, 0.15) is 18.9 Å². The molecule has 1 heterocycles. The smallest absolute Gasteiger partial charge is 0.193 e. The lowest BCUT2D eigenvalue weighted by atomic mass is 10.1. The molecule has 1 fully saturated rings. The van der Waals surface area contributed by atoms with Crippen molar-refractivity contribution in [3.63, 3.8) is 0 Å². The van der Waals surface area contributed by atoms with E-state index in [9.17, 15) is 0 Å². The first-order chi connectivity index (χ1) is 13.7. The average Bonchev–Trinajstić information content (AvgIpc) is 3.20. The molecule has 2 aromatic rings. The first-order valence-corrected chi connectivity index (χ1v) is 10.1. The van der Waals surface area contributed by atoms with Crippen LogP contribution in [0.15, 0.2) is 59.6 Å². The van der Waals surface area contributed by atoms with E-state index in [-0.39, 0.29) is 24.0 Å². The fraction of sp³-hybridized carbons (Fsp3) is 0.435. The van der Waals surface area contributed by atoms with Crippen LogP contribution in [0.3, 0.4) is 0 Å². The summed E-state index contributed by atoms with van der Waals surface area (Å²) in [4.78, 5) is 9.55. The van der Waals surface area contributed by atoms with Crippen LogP contribution in [0.25, 0.3) is 0 Å². The number of benzene rings is 2. The summed E-state index contributed by atoms with van der Waals surface area (Å²) in [5, 5.41) is 3.43. The number of rotatable bonds is 7. The molecule has 0 radical (unpaired) electrons. The second-order valence-corrected chi connectivity index (χ2v) is 7.31. The molecule has 1 N–H and O–H groups in total. The number of ether oxygens (including phenoxy) is 1. The number of anilines is 1. The molecule has 0 amide bonds. The van der Waals surface area contributed by atoms with Crippen LogP contribution in [0, 0.1) is 5.92 Å². The molecule has 1 atom stereocenters. The number of hydrogen-bond donors (Lipinski definition) is 1. The van der Waals surface area contributed by atoms with Crippen molar-refractivity contribution >= 4 is 35.6 Å². The van der Waals surface area contributed by atoms with Crippen molar-refractivity contribution < 1.29 is 4.74 Å². The summed E-state index contributed by atoms with van der Waals surface area (Å²) < 4.78 is 5.53. The average molecular weight is 508 g/mol. The summed E-state index contributed by atoms with van der Waals surface area (Å²) in [5.41, 5.74) is 2.48. The molecule has 0 aromatic heterocycles. The summed E-state index contributed by atoms with van der Waals surface area (Å²) >= 11 is 0. The van der Waals surface area contributed by atoms with Crippen LogP contribution >= 0.6 is 24.0 Å². The maximum Gasteiger partial charge on any atom is 0.193 e. The number of aliphatic imine (C=N–C) groups is 1. The van der Waals surface area contributed by atoms with E-state index in [1.165, 1.54) is 11.3 Å². The summed E-state index contributed by atoms with van der Waals surface area (Å²) in [7, 11) is 3.84. The summed E-state index contributed by atoms with van der Waals surface area (Å²) in [6, 6.07) is 18.8. The van der Waals surface area contributed by atoms with E-state index >= 15 is 0 Å². The molecular formula is C23H33IN4O. The van der Waals surface area contributed by atoms with E-state index in [0.29, 0.717) is 5.92 Å². The number of methoxy groups -OCH3 is 1. The Labute approximate surface area is 192 Å². The fourth-order valence-electron chi connectivity index (χ4n) is 3.71. The molecule has 0 bridgehead atoms. The monoisotopic (exact) mass is 508 g/mol. The molecule has 2 aromatic carbocycles. The topological polar surface area (TPSA) is 40.1 Å². The number of guanidine groups is 1. The summed E-state index contributed by atoms with van der Waals surface area (Å²) in [6.07, 6.45) is 1.16. The predicted octanol–water partition coefficient (Wildman–Crippen LogP) is 4.24. The van der Waals surface area contributed by atoms with Gasteiger partial charge in [0.1, 0.15) is 5.75 Å². The zero-order chi connectivity index (χ0) is 19.8. The lowest BCUT2D eigenvalue weighted by molar-refractivity contribution is 0.414. The number of halogens is 1. The number of hydrogen-bond acceptors (Lipinski definition) is 3. The van der Waals surface area contributed by atoms with Crippen LogP contribution < -0.4 is 15.0 Å². The standard InChI is InChI=1S/C23H32N4O.HI/c1-4-24-23(26(2)17-19-10-6-5-7-11-19)25-16-20-14-15-27(18-20)21-12-8-9-13-22(21)28-3;/h5-13,20H,4,14-18H2,1-3H3,(H,24,25);1H. The SMILES string of the molecule is CCNC(=NCC1CCN(c2ccccc2OC)C1)N(C)Cc1ccccc1.I. The normalized spacial score (nSPS) is 16.3. The van der Waals surface area contributed by atoms with Gasteiger partial charge >= 0.3 is 0 Å². The van der Waals surface area contributed by atoms with E-state index in [4.69, 9.17) is 9.73 Å². The minimum Gasteiger partial charge on any atom is -0.495 e. The van der Waals surface area contributed by atoms with E-state index in [2.05, 4.69) is 71.6 Å². The van der Waals surface area contributed by atoms with Crippen LogP contribution in [0.5, 0.6) is 5.75 Å². The van der Waals surface area contributed by atoms with Gasteiger partial charge in [-0.15, -0.1) is 24.0 Å². The van der Waals surface area contributed by atoms with Crippen molar-refractivity contribution in [2.45, 2.75) is 19.9 Å². The van der Waals surface area contributed by atoms with Crippen molar-refractivity contribution in [1.29, 1.82) is 0 Å². The minimum atomic E-state index is 0. The molecule has 29 heavy (non-hydrogen) atoms. The van der Waals surface area contributed by atoms with Gasteiger partial charge in [-0.25, -0.2) is 0 Å². The van der Waals surface area contributed by atoms with Crippen LogP contribution in [-0.2, 0) is 6.54 Å². The Morgan fingerprint density at radius 3 is 2.62 bits per heavy atom. The lowest BCUT2D eigenvalue weighted by Crippen LogP contribution is -2.39. The van der Waals surface area contributed by atoms with Gasteiger partial charge in [-0.3, -0.25) is 4.99 Å². The Balaban J connectivity index is 0.00000300. The molecule has 1 aliphatic rings. The number of nitrogens with one attached hydrogen (secondary N) is 1. The highest BCUT2D eigenvalue weighted by Gasteiger charge is 2.24. The Hall–Kier alpha value is -1.96. The first-order valence-electron chi connectivity index (χ1n) is 10.1. The van der Waals surface area contributed by atoms with Gasteiger partial charge in [0.25, 0.3) is 0 Å². The predicted molar refractivity (Wildman–Crippen MR) is 133 cm³/mol. The first kappa shape index (κ1) is 23.3. The largest absolute Gasteiger partial charge is 0.495 e. The molecule has 158 valence electrons. The van der Waals surface area contributed by atoms with Crippen LogP contribution in [0.2, 0.25) is 0 Å². The Kier molecular flexibility index (Phi) is 9.57. The van der Waals surface area contributed by atoms with E-state index < -0.39 is 0 Å². The summed E-state index contributed by atoms with van der Waals surface area (Å²) in [6.45, 7) is 6.75. The van der Waals surface area contributed by atoms with Gasteiger partial charge in [0.2, 0.25) is 0 Å². The highest BCUT2D eigenvalue weighted by Crippen LogP contribution is 2.32. The molecular weight excluding hydrogens is 475 g/mol. The molecule has 0 spiro atoms. The van der Waals surface area contributed by atoms with Crippen molar-refractivity contribution in [1.82, 2.24) is 10.2 Å². The third kappa shape index (κ3) is 6.52. The van der Waals surface area contributed by atoms with Gasteiger partial charge in [0.05, 0.1) is 12.8 Å². The molecule has 1 aliphatic heterocycles. The maximum atomic E-state index is 5.53. The molecule has 5 nitrogen and oxygen atoms in total. The number of nitrogens with zero attached hydrogens (tertiary/aromatic N) is 3. The van der Waals surface area contributed by atoms with Gasteiger partial charge in [-0.05, 0) is 37.0 Å². The minimum absolute atomic E-state index is 0. The molecule has 3 rings (SSSR count). The van der Waals surface area contributed by atoms with E-state index in [1.54, 1.807) is 7.11 Å². The van der Waals surface area contributed by atoms with Crippen LogP contribution in [0.4, 0.5) is 5.69 Å². The van der Waals surface area contributed by atoms with Crippen molar-refractivity contribution in [3.8, 4) is 5.75 Å². The highest BCUT2D eigenvalue weighted by molar-refractivity contribution is 14.0. The molecule has 0 aliphatic carbocycles. The van der Waals surface area contributed by atoms with Crippen molar-refractivity contribution in [3.05, 3.63) is 60.2 Å². The highest BCUT2D eigenvalue weighted by atomic mass is 127. The molecule has 1 saturated heterocycles. The zero-order valence-electron chi connectivity index (χ0n) is 17.7. The van der Waals surface area contributed by atoms with Crippen molar-refractivity contribution in [2.75, 3.05) is 45.2 Å². The maximum absolute atomic E-state index is 5.53. The zero-order valence-corrected chi connectivity index (χ0v) is 20.0. The molecule has 0 saturated carbocycles. The number of para-hydroxylation sites is 2. The van der Waals surface area contributed by atoms with Gasteiger partial charge in [-0.1, -0.05) is 42.5 Å². The van der Waals surface area contributed by atoms with Gasteiger partial charge in [0, 0.05) is 39.8 Å². The van der Waals surface area contributed by atoms with Gasteiger partial charge < -0.3 is 19.9 Å².